The quantitative estimate of drug-likeness (QED) is 0.614. The molecule has 0 unspecified atom stereocenters. The molecule has 0 atom stereocenters. The highest BCUT2D eigenvalue weighted by Crippen LogP contribution is 2.14. The van der Waals surface area contributed by atoms with Gasteiger partial charge in [-0.2, -0.15) is 10.1 Å². The Kier molecular flexibility index (Phi) is 5.80. The first-order valence-corrected chi connectivity index (χ1v) is 8.30. The van der Waals surface area contributed by atoms with Gasteiger partial charge >= 0.3 is 0 Å². The number of rotatable bonds is 8. The summed E-state index contributed by atoms with van der Waals surface area (Å²) in [7, 11) is 3.65. The Balaban J connectivity index is 1.57. The van der Waals surface area contributed by atoms with Crippen molar-refractivity contribution in [3.05, 3.63) is 59.0 Å². The minimum absolute atomic E-state index is 0.576. The second-order valence-corrected chi connectivity index (χ2v) is 6.23. The first kappa shape index (κ1) is 17.6. The number of aromatic nitrogens is 4. The number of benzene rings is 1. The van der Waals surface area contributed by atoms with E-state index in [1.54, 1.807) is 7.11 Å². The second kappa shape index (κ2) is 8.24. The Hall–Kier alpha value is -2.22. The highest BCUT2D eigenvalue weighted by molar-refractivity contribution is 6.30. The molecule has 0 aliphatic carbocycles. The zero-order valence-corrected chi connectivity index (χ0v) is 15.0. The van der Waals surface area contributed by atoms with Crippen molar-refractivity contribution in [2.45, 2.75) is 19.5 Å². The summed E-state index contributed by atoms with van der Waals surface area (Å²) in [6.07, 6.45) is 4.50. The van der Waals surface area contributed by atoms with E-state index in [0.717, 1.165) is 17.8 Å². The Morgan fingerprint density at radius 3 is 2.80 bits per heavy atom. The number of ether oxygens (including phenoxy) is 1. The molecule has 0 N–H and O–H groups in total. The maximum absolute atomic E-state index is 5.92. The predicted molar refractivity (Wildman–Crippen MR) is 93.6 cm³/mol. The van der Waals surface area contributed by atoms with Gasteiger partial charge in [0.25, 0.3) is 0 Å². The van der Waals surface area contributed by atoms with Crippen LogP contribution in [0.3, 0.4) is 0 Å². The lowest BCUT2D eigenvalue weighted by molar-refractivity contribution is 0.199. The third-order valence-corrected chi connectivity index (χ3v) is 3.88. The van der Waals surface area contributed by atoms with Crippen molar-refractivity contribution in [3.63, 3.8) is 0 Å². The lowest BCUT2D eigenvalue weighted by Crippen LogP contribution is -2.17. The van der Waals surface area contributed by atoms with Crippen LogP contribution in [0.25, 0.3) is 5.69 Å². The van der Waals surface area contributed by atoms with E-state index in [1.807, 2.05) is 48.4 Å². The zero-order valence-electron chi connectivity index (χ0n) is 14.2. The standard InChI is InChI=1S/C17H20ClN5O2/c1-22(12-17-20-16(21-25-17)7-8-24-2)10-13-9-19-23(11-13)15-5-3-14(18)4-6-15/h3-6,9,11H,7-8,10,12H2,1-2H3. The van der Waals surface area contributed by atoms with Crippen molar-refractivity contribution in [2.24, 2.45) is 0 Å². The van der Waals surface area contributed by atoms with Crippen molar-refractivity contribution >= 4 is 11.6 Å². The monoisotopic (exact) mass is 361 g/mol. The average Bonchev–Trinajstić information content (AvgIpc) is 3.23. The van der Waals surface area contributed by atoms with E-state index in [0.29, 0.717) is 36.3 Å². The molecule has 0 bridgehead atoms. The van der Waals surface area contributed by atoms with E-state index >= 15 is 0 Å². The molecule has 0 saturated carbocycles. The van der Waals surface area contributed by atoms with Crippen molar-refractivity contribution in [3.8, 4) is 5.69 Å². The molecular weight excluding hydrogens is 342 g/mol. The summed E-state index contributed by atoms with van der Waals surface area (Å²) in [4.78, 5) is 6.45. The fourth-order valence-electron chi connectivity index (χ4n) is 2.42. The van der Waals surface area contributed by atoms with Gasteiger partial charge in [-0.25, -0.2) is 4.68 Å². The van der Waals surface area contributed by atoms with Gasteiger partial charge < -0.3 is 9.26 Å². The molecule has 2 aromatic heterocycles. The molecule has 3 aromatic rings. The molecule has 0 spiro atoms. The summed E-state index contributed by atoms with van der Waals surface area (Å²) in [5, 5.41) is 9.05. The van der Waals surface area contributed by atoms with E-state index in [2.05, 4.69) is 20.1 Å². The van der Waals surface area contributed by atoms with Gasteiger partial charge in [0.15, 0.2) is 5.82 Å². The number of hydrogen-bond acceptors (Lipinski definition) is 6. The molecule has 0 fully saturated rings. The van der Waals surface area contributed by atoms with Gasteiger partial charge in [0.2, 0.25) is 5.89 Å². The van der Waals surface area contributed by atoms with Crippen molar-refractivity contribution in [1.29, 1.82) is 0 Å². The van der Waals surface area contributed by atoms with Crippen molar-refractivity contribution in [1.82, 2.24) is 24.8 Å². The summed E-state index contributed by atoms with van der Waals surface area (Å²) in [5.74, 6) is 1.26. The summed E-state index contributed by atoms with van der Waals surface area (Å²) in [5.41, 5.74) is 2.06. The fourth-order valence-corrected chi connectivity index (χ4v) is 2.55. The number of methoxy groups -OCH3 is 1. The largest absolute Gasteiger partial charge is 0.384 e. The molecule has 0 amide bonds. The van der Waals surface area contributed by atoms with Gasteiger partial charge in [-0.05, 0) is 31.3 Å². The maximum atomic E-state index is 5.92. The third-order valence-electron chi connectivity index (χ3n) is 3.62. The molecule has 25 heavy (non-hydrogen) atoms. The molecular formula is C17H20ClN5O2. The van der Waals surface area contributed by atoms with Crippen LogP contribution in [0.1, 0.15) is 17.3 Å². The molecule has 0 aliphatic rings. The minimum atomic E-state index is 0.576. The SMILES string of the molecule is COCCc1noc(CN(C)Cc2cnn(-c3ccc(Cl)cc3)c2)n1. The van der Waals surface area contributed by atoms with Crippen LogP contribution in [0.4, 0.5) is 0 Å². The van der Waals surface area contributed by atoms with E-state index in [4.69, 9.17) is 20.9 Å². The summed E-state index contributed by atoms with van der Waals surface area (Å²) >= 11 is 5.92. The lowest BCUT2D eigenvalue weighted by atomic mass is 10.3. The maximum Gasteiger partial charge on any atom is 0.240 e. The summed E-state index contributed by atoms with van der Waals surface area (Å²) in [6.45, 7) is 1.88. The van der Waals surface area contributed by atoms with Gasteiger partial charge in [-0.3, -0.25) is 4.90 Å². The number of nitrogens with zero attached hydrogens (tertiary/aromatic N) is 5. The van der Waals surface area contributed by atoms with Crippen LogP contribution in [0, 0.1) is 0 Å². The van der Waals surface area contributed by atoms with Crippen LogP contribution in [-0.4, -0.2) is 45.6 Å². The molecule has 1 aromatic carbocycles. The van der Waals surface area contributed by atoms with Crippen LogP contribution < -0.4 is 0 Å². The molecule has 0 aliphatic heterocycles. The normalized spacial score (nSPS) is 11.4. The van der Waals surface area contributed by atoms with E-state index in [-0.39, 0.29) is 0 Å². The molecule has 0 radical (unpaired) electrons. The van der Waals surface area contributed by atoms with Crippen molar-refractivity contribution < 1.29 is 9.26 Å². The van der Waals surface area contributed by atoms with E-state index < -0.39 is 0 Å². The predicted octanol–water partition coefficient (Wildman–Crippen LogP) is 2.73. The molecule has 3 rings (SSSR count). The zero-order chi connectivity index (χ0) is 17.6. The Bertz CT molecular complexity index is 799. The number of halogens is 1. The van der Waals surface area contributed by atoms with Crippen molar-refractivity contribution in [2.75, 3.05) is 20.8 Å². The highest BCUT2D eigenvalue weighted by Gasteiger charge is 2.10. The molecule has 132 valence electrons. The first-order valence-electron chi connectivity index (χ1n) is 7.92. The molecule has 7 nitrogen and oxygen atoms in total. The molecule has 8 heteroatoms. The third kappa shape index (κ3) is 4.88. The van der Waals surface area contributed by atoms with E-state index in [9.17, 15) is 0 Å². The summed E-state index contributed by atoms with van der Waals surface area (Å²) < 4.78 is 12.1. The second-order valence-electron chi connectivity index (χ2n) is 5.79. The van der Waals surface area contributed by atoms with E-state index in [1.165, 1.54) is 0 Å². The van der Waals surface area contributed by atoms with Crippen LogP contribution in [0.15, 0.2) is 41.2 Å². The summed E-state index contributed by atoms with van der Waals surface area (Å²) in [6, 6.07) is 7.56. The van der Waals surface area contributed by atoms with Crippen LogP contribution in [0.2, 0.25) is 5.02 Å². The van der Waals surface area contributed by atoms with Gasteiger partial charge in [0.05, 0.1) is 25.0 Å². The van der Waals surface area contributed by atoms with Gasteiger partial charge in [-0.15, -0.1) is 0 Å². The average molecular weight is 362 g/mol. The lowest BCUT2D eigenvalue weighted by Gasteiger charge is -2.12. The first-order chi connectivity index (χ1) is 12.1. The minimum Gasteiger partial charge on any atom is -0.384 e. The van der Waals surface area contributed by atoms with Gasteiger partial charge in [0, 0.05) is 36.9 Å². The fraction of sp³-hybridized carbons (Fsp3) is 0.353. The molecule has 0 saturated heterocycles. The van der Waals surface area contributed by atoms with Crippen LogP contribution in [0.5, 0.6) is 0 Å². The smallest absolute Gasteiger partial charge is 0.240 e. The highest BCUT2D eigenvalue weighted by atomic mass is 35.5. The number of hydrogen-bond donors (Lipinski definition) is 0. The van der Waals surface area contributed by atoms with Crippen LogP contribution in [-0.2, 0) is 24.2 Å². The van der Waals surface area contributed by atoms with Crippen LogP contribution >= 0.6 is 11.6 Å². The topological polar surface area (TPSA) is 69.2 Å². The molecule has 2 heterocycles. The Morgan fingerprint density at radius 1 is 1.24 bits per heavy atom. The van der Waals surface area contributed by atoms with Gasteiger partial charge in [0.1, 0.15) is 0 Å². The Labute approximate surface area is 151 Å². The Morgan fingerprint density at radius 2 is 2.04 bits per heavy atom. The van der Waals surface area contributed by atoms with Gasteiger partial charge in [-0.1, -0.05) is 16.8 Å².